The first-order valence-electron chi connectivity index (χ1n) is 8.89. The Morgan fingerprint density at radius 2 is 1.93 bits per heavy atom. The van der Waals surface area contributed by atoms with Crippen molar-refractivity contribution in [2.45, 2.75) is 55.9 Å². The highest BCUT2D eigenvalue weighted by Gasteiger charge is 2.41. The molecule has 0 radical (unpaired) electrons. The molecule has 146 valence electrons. The number of aromatic nitrogens is 2. The molecular weight excluding hydrogens is 370 g/mol. The van der Waals surface area contributed by atoms with Gasteiger partial charge in [0.2, 0.25) is 15.9 Å². The fourth-order valence-electron chi connectivity index (χ4n) is 3.42. The number of nitrogens with one attached hydrogen (secondary N) is 1. The van der Waals surface area contributed by atoms with Crippen molar-refractivity contribution in [1.82, 2.24) is 14.9 Å². The molecule has 0 spiro atoms. The van der Waals surface area contributed by atoms with Crippen LogP contribution in [0.2, 0.25) is 0 Å². The fourth-order valence-corrected chi connectivity index (χ4v) is 4.89. The summed E-state index contributed by atoms with van der Waals surface area (Å²) < 4.78 is 38.8. The Hall–Kier alpha value is -2.26. The number of carbonyl (C=O) groups excluding carboxylic acids is 1. The largest absolute Gasteiger partial charge is 0.465 e. The first-order valence-corrected chi connectivity index (χ1v) is 10.4. The van der Waals surface area contributed by atoms with Gasteiger partial charge in [-0.3, -0.25) is 0 Å². The molecule has 3 rings (SSSR count). The standard InChI is InChI=1S/C18H23N3O5S/c1-13-19-17(20-26-13)18(10-5-3-4-6-11-18)21-27(23,24)15-9-7-8-14(12-15)16(22)25-2/h7-9,12,21H,3-6,10-11H2,1-2H3. The SMILES string of the molecule is COC(=O)c1cccc(S(=O)(=O)NC2(c3noc(C)n3)CCCCCC2)c1. The Balaban J connectivity index is 1.99. The van der Waals surface area contributed by atoms with Gasteiger partial charge in [-0.15, -0.1) is 0 Å². The van der Waals surface area contributed by atoms with E-state index < -0.39 is 21.5 Å². The van der Waals surface area contributed by atoms with E-state index in [9.17, 15) is 13.2 Å². The molecule has 0 atom stereocenters. The number of ether oxygens (including phenoxy) is 1. The van der Waals surface area contributed by atoms with Gasteiger partial charge in [-0.25, -0.2) is 13.2 Å². The highest BCUT2D eigenvalue weighted by Crippen LogP contribution is 2.36. The van der Waals surface area contributed by atoms with E-state index in [-0.39, 0.29) is 10.5 Å². The second-order valence-electron chi connectivity index (χ2n) is 6.76. The summed E-state index contributed by atoms with van der Waals surface area (Å²) >= 11 is 0. The lowest BCUT2D eigenvalue weighted by atomic mass is 9.91. The molecule has 1 N–H and O–H groups in total. The summed E-state index contributed by atoms with van der Waals surface area (Å²) in [5.74, 6) is 0.153. The molecule has 9 heteroatoms. The van der Waals surface area contributed by atoms with Gasteiger partial charge in [-0.05, 0) is 31.0 Å². The molecule has 1 aromatic carbocycles. The molecule has 8 nitrogen and oxygen atoms in total. The van der Waals surface area contributed by atoms with E-state index in [1.807, 2.05) is 0 Å². The summed E-state index contributed by atoms with van der Waals surface area (Å²) in [7, 11) is -2.67. The third-order valence-electron chi connectivity index (χ3n) is 4.81. The minimum absolute atomic E-state index is 0.00533. The van der Waals surface area contributed by atoms with Crippen molar-refractivity contribution in [3.63, 3.8) is 0 Å². The number of nitrogens with zero attached hydrogens (tertiary/aromatic N) is 2. The van der Waals surface area contributed by atoms with Crippen molar-refractivity contribution >= 4 is 16.0 Å². The number of hydrogen-bond donors (Lipinski definition) is 1. The predicted octanol–water partition coefficient (Wildman–Crippen LogP) is 2.69. The van der Waals surface area contributed by atoms with Gasteiger partial charge in [0.25, 0.3) is 0 Å². The normalized spacial score (nSPS) is 17.3. The van der Waals surface area contributed by atoms with Gasteiger partial charge in [0.15, 0.2) is 5.82 Å². The third-order valence-corrected chi connectivity index (χ3v) is 6.34. The quantitative estimate of drug-likeness (QED) is 0.614. The molecule has 0 saturated heterocycles. The summed E-state index contributed by atoms with van der Waals surface area (Å²) in [6.45, 7) is 1.68. The molecule has 0 unspecified atom stereocenters. The van der Waals surface area contributed by atoms with Crippen LogP contribution in [0.4, 0.5) is 0 Å². The molecule has 1 heterocycles. The average Bonchev–Trinajstić information content (AvgIpc) is 2.97. The zero-order valence-corrected chi connectivity index (χ0v) is 16.2. The fraction of sp³-hybridized carbons (Fsp3) is 0.500. The van der Waals surface area contributed by atoms with Crippen molar-refractivity contribution in [1.29, 1.82) is 0 Å². The van der Waals surface area contributed by atoms with Gasteiger partial charge < -0.3 is 9.26 Å². The lowest BCUT2D eigenvalue weighted by molar-refractivity contribution is 0.0600. The average molecular weight is 393 g/mol. The minimum atomic E-state index is -3.92. The van der Waals surface area contributed by atoms with E-state index in [4.69, 9.17) is 4.52 Å². The van der Waals surface area contributed by atoms with Crippen LogP contribution < -0.4 is 4.72 Å². The highest BCUT2D eigenvalue weighted by molar-refractivity contribution is 7.89. The van der Waals surface area contributed by atoms with Gasteiger partial charge in [0, 0.05) is 6.92 Å². The second kappa shape index (κ2) is 7.77. The maximum Gasteiger partial charge on any atom is 0.337 e. The summed E-state index contributed by atoms with van der Waals surface area (Å²) in [6, 6.07) is 5.77. The van der Waals surface area contributed by atoms with Gasteiger partial charge in [0.1, 0.15) is 0 Å². The van der Waals surface area contributed by atoms with Crippen molar-refractivity contribution in [3.8, 4) is 0 Å². The van der Waals surface area contributed by atoms with Crippen LogP contribution in [-0.2, 0) is 20.3 Å². The first-order chi connectivity index (χ1) is 12.9. The molecule has 0 aliphatic heterocycles. The molecule has 1 aliphatic carbocycles. The second-order valence-corrected chi connectivity index (χ2v) is 8.44. The number of benzene rings is 1. The van der Waals surface area contributed by atoms with Crippen molar-refractivity contribution in [3.05, 3.63) is 41.5 Å². The van der Waals surface area contributed by atoms with Crippen molar-refractivity contribution in [2.24, 2.45) is 0 Å². The maximum absolute atomic E-state index is 13.1. The van der Waals surface area contributed by atoms with E-state index in [1.54, 1.807) is 6.92 Å². The Morgan fingerprint density at radius 1 is 1.22 bits per heavy atom. The number of carbonyl (C=O) groups is 1. The summed E-state index contributed by atoms with van der Waals surface area (Å²) in [6.07, 6.45) is 4.94. The Kier molecular flexibility index (Phi) is 5.61. The zero-order chi connectivity index (χ0) is 19.5. The number of sulfonamides is 1. The lowest BCUT2D eigenvalue weighted by Crippen LogP contribution is -2.46. The van der Waals surface area contributed by atoms with Crippen LogP contribution in [0.25, 0.3) is 0 Å². The molecular formula is C18H23N3O5S. The van der Waals surface area contributed by atoms with Crippen LogP contribution in [0.1, 0.15) is 60.6 Å². The number of esters is 1. The number of methoxy groups -OCH3 is 1. The lowest BCUT2D eigenvalue weighted by Gasteiger charge is -2.30. The molecule has 1 aliphatic rings. The molecule has 0 bridgehead atoms. The van der Waals surface area contributed by atoms with Crippen LogP contribution >= 0.6 is 0 Å². The summed E-state index contributed by atoms with van der Waals surface area (Å²) in [5, 5.41) is 4.00. The van der Waals surface area contributed by atoms with E-state index in [0.717, 1.165) is 25.7 Å². The predicted molar refractivity (Wildman–Crippen MR) is 96.5 cm³/mol. The Morgan fingerprint density at radius 3 is 2.52 bits per heavy atom. The van der Waals surface area contributed by atoms with Crippen LogP contribution in [0.5, 0.6) is 0 Å². The summed E-state index contributed by atoms with van der Waals surface area (Å²) in [4.78, 5) is 16.0. The number of aryl methyl sites for hydroxylation is 1. The van der Waals surface area contributed by atoms with Crippen molar-refractivity contribution < 1.29 is 22.5 Å². The highest BCUT2D eigenvalue weighted by atomic mass is 32.2. The van der Waals surface area contributed by atoms with Crippen LogP contribution in [0, 0.1) is 6.92 Å². The Bertz CT molecular complexity index is 915. The summed E-state index contributed by atoms with van der Waals surface area (Å²) in [5.41, 5.74) is -0.750. The Labute approximate surface area is 158 Å². The molecule has 1 saturated carbocycles. The van der Waals surface area contributed by atoms with Gasteiger partial charge in [-0.1, -0.05) is 36.9 Å². The first kappa shape index (κ1) is 19.5. The topological polar surface area (TPSA) is 111 Å². The third kappa shape index (κ3) is 4.19. The molecule has 27 heavy (non-hydrogen) atoms. The van der Waals surface area contributed by atoms with E-state index in [1.165, 1.54) is 31.4 Å². The molecule has 2 aromatic rings. The van der Waals surface area contributed by atoms with Gasteiger partial charge in [-0.2, -0.15) is 9.71 Å². The maximum atomic E-state index is 13.1. The van der Waals surface area contributed by atoms with Gasteiger partial charge in [0.05, 0.1) is 23.1 Å². The van der Waals surface area contributed by atoms with E-state index >= 15 is 0 Å². The molecule has 1 aromatic heterocycles. The smallest absolute Gasteiger partial charge is 0.337 e. The zero-order valence-electron chi connectivity index (χ0n) is 15.4. The van der Waals surface area contributed by atoms with Gasteiger partial charge >= 0.3 is 5.97 Å². The monoisotopic (exact) mass is 393 g/mol. The van der Waals surface area contributed by atoms with Crippen LogP contribution in [0.3, 0.4) is 0 Å². The van der Waals surface area contributed by atoms with Crippen LogP contribution in [-0.4, -0.2) is 31.6 Å². The van der Waals surface area contributed by atoms with E-state index in [0.29, 0.717) is 24.6 Å². The van der Waals surface area contributed by atoms with Crippen molar-refractivity contribution in [2.75, 3.05) is 7.11 Å². The van der Waals surface area contributed by atoms with Crippen LogP contribution in [0.15, 0.2) is 33.7 Å². The van der Waals surface area contributed by atoms with E-state index in [2.05, 4.69) is 19.6 Å². The molecule has 0 amide bonds. The molecule has 1 fully saturated rings. The number of rotatable bonds is 5. The number of hydrogen-bond acceptors (Lipinski definition) is 7. The minimum Gasteiger partial charge on any atom is -0.465 e.